The molecule has 1 N–H and O–H groups in total. The number of fused-ring (bicyclic) bond motifs is 1. The van der Waals surface area contributed by atoms with E-state index in [1.54, 1.807) is 0 Å². The topological polar surface area (TPSA) is 43.6 Å². The minimum Gasteiger partial charge on any atom is -0.486 e. The number of furan rings is 1. The third kappa shape index (κ3) is 3.52. The van der Waals surface area contributed by atoms with E-state index in [-0.39, 0.29) is 0 Å². The molecule has 0 saturated heterocycles. The van der Waals surface area contributed by atoms with Crippen LogP contribution in [0.1, 0.15) is 17.1 Å². The Morgan fingerprint density at radius 2 is 2.05 bits per heavy atom. The van der Waals surface area contributed by atoms with Crippen LogP contribution in [0.15, 0.2) is 28.7 Å². The largest absolute Gasteiger partial charge is 0.486 e. The number of benzene rings is 1. The summed E-state index contributed by atoms with van der Waals surface area (Å²) in [5.74, 6) is 3.29. The molecule has 0 saturated carbocycles. The van der Waals surface area contributed by atoms with Gasteiger partial charge in [-0.2, -0.15) is 0 Å². The Bertz CT molecular complexity index is 624. The van der Waals surface area contributed by atoms with E-state index < -0.39 is 0 Å². The van der Waals surface area contributed by atoms with Crippen LogP contribution >= 0.6 is 11.6 Å². The molecule has 2 heterocycles. The van der Waals surface area contributed by atoms with E-state index in [9.17, 15) is 0 Å². The molecular formula is C16H18ClNO3. The van der Waals surface area contributed by atoms with Crippen LogP contribution in [-0.2, 0) is 13.0 Å². The van der Waals surface area contributed by atoms with Crippen molar-refractivity contribution in [3.63, 3.8) is 0 Å². The number of rotatable bonds is 5. The highest BCUT2D eigenvalue weighted by molar-refractivity contribution is 6.32. The van der Waals surface area contributed by atoms with Gasteiger partial charge in [0, 0.05) is 0 Å². The van der Waals surface area contributed by atoms with Gasteiger partial charge >= 0.3 is 0 Å². The Morgan fingerprint density at radius 3 is 2.86 bits per heavy atom. The molecule has 112 valence electrons. The third-order valence-electron chi connectivity index (χ3n) is 3.34. The average Bonchev–Trinajstić information content (AvgIpc) is 2.89. The van der Waals surface area contributed by atoms with Crippen molar-refractivity contribution in [2.75, 3.05) is 19.8 Å². The van der Waals surface area contributed by atoms with Crippen LogP contribution in [-0.4, -0.2) is 19.8 Å². The van der Waals surface area contributed by atoms with Crippen LogP contribution in [0.25, 0.3) is 0 Å². The zero-order valence-electron chi connectivity index (χ0n) is 11.9. The Morgan fingerprint density at radius 1 is 1.19 bits per heavy atom. The lowest BCUT2D eigenvalue weighted by Gasteiger charge is -2.20. The maximum absolute atomic E-state index is 6.22. The van der Waals surface area contributed by atoms with Gasteiger partial charge in [0.15, 0.2) is 11.5 Å². The van der Waals surface area contributed by atoms with Gasteiger partial charge in [0.05, 0.1) is 11.6 Å². The smallest absolute Gasteiger partial charge is 0.179 e. The molecule has 5 heteroatoms. The first-order valence-electron chi connectivity index (χ1n) is 7.06. The van der Waals surface area contributed by atoms with Crippen LogP contribution in [0, 0.1) is 6.92 Å². The van der Waals surface area contributed by atoms with Gasteiger partial charge in [-0.25, -0.2) is 0 Å². The van der Waals surface area contributed by atoms with Crippen molar-refractivity contribution >= 4 is 11.6 Å². The fourth-order valence-corrected chi connectivity index (χ4v) is 2.62. The summed E-state index contributed by atoms with van der Waals surface area (Å²) < 4.78 is 16.6. The lowest BCUT2D eigenvalue weighted by atomic mass is 10.1. The first kappa shape index (κ1) is 14.3. The molecule has 0 atom stereocenters. The van der Waals surface area contributed by atoms with Crippen LogP contribution in [0.4, 0.5) is 0 Å². The average molecular weight is 308 g/mol. The van der Waals surface area contributed by atoms with Crippen molar-refractivity contribution in [2.45, 2.75) is 19.9 Å². The van der Waals surface area contributed by atoms with Crippen molar-refractivity contribution in [1.82, 2.24) is 5.32 Å². The van der Waals surface area contributed by atoms with Gasteiger partial charge in [0.25, 0.3) is 0 Å². The van der Waals surface area contributed by atoms with Gasteiger partial charge in [-0.1, -0.05) is 11.6 Å². The molecule has 0 radical (unpaired) electrons. The van der Waals surface area contributed by atoms with Crippen molar-refractivity contribution in [2.24, 2.45) is 0 Å². The highest BCUT2D eigenvalue weighted by Gasteiger charge is 2.16. The van der Waals surface area contributed by atoms with Crippen molar-refractivity contribution in [1.29, 1.82) is 0 Å². The predicted octanol–water partition coefficient (Wildman–Crippen LogP) is 3.34. The van der Waals surface area contributed by atoms with Gasteiger partial charge in [0.2, 0.25) is 0 Å². The predicted molar refractivity (Wildman–Crippen MR) is 81.3 cm³/mol. The summed E-state index contributed by atoms with van der Waals surface area (Å²) in [5, 5.41) is 3.97. The first-order chi connectivity index (χ1) is 10.2. The Kier molecular flexibility index (Phi) is 4.36. The quantitative estimate of drug-likeness (QED) is 0.860. The summed E-state index contributed by atoms with van der Waals surface area (Å²) >= 11 is 6.22. The zero-order chi connectivity index (χ0) is 14.7. The molecule has 0 bridgehead atoms. The molecule has 4 nitrogen and oxygen atoms in total. The van der Waals surface area contributed by atoms with Gasteiger partial charge < -0.3 is 19.2 Å². The van der Waals surface area contributed by atoms with E-state index in [2.05, 4.69) is 5.32 Å². The molecule has 1 aliphatic rings. The fraction of sp³-hybridized carbons (Fsp3) is 0.375. The molecule has 2 aromatic rings. The molecular weight excluding hydrogens is 290 g/mol. The Hall–Kier alpha value is -1.65. The van der Waals surface area contributed by atoms with Crippen molar-refractivity contribution in [3.8, 4) is 11.5 Å². The van der Waals surface area contributed by atoms with E-state index in [4.69, 9.17) is 25.5 Å². The highest BCUT2D eigenvalue weighted by atomic mass is 35.5. The van der Waals surface area contributed by atoms with E-state index in [1.165, 1.54) is 0 Å². The van der Waals surface area contributed by atoms with E-state index in [1.807, 2.05) is 31.2 Å². The minimum atomic E-state index is 0.552. The molecule has 0 unspecified atom stereocenters. The molecule has 0 amide bonds. The highest BCUT2D eigenvalue weighted by Crippen LogP contribution is 2.38. The summed E-state index contributed by atoms with van der Waals surface area (Å²) in [4.78, 5) is 0. The lowest BCUT2D eigenvalue weighted by molar-refractivity contribution is 0.171. The van der Waals surface area contributed by atoms with Gasteiger partial charge in [-0.05, 0) is 49.7 Å². The summed E-state index contributed by atoms with van der Waals surface area (Å²) in [6, 6.07) is 7.90. The monoisotopic (exact) mass is 307 g/mol. The van der Waals surface area contributed by atoms with Gasteiger partial charge in [-0.3, -0.25) is 0 Å². The summed E-state index contributed by atoms with van der Waals surface area (Å²) in [6.45, 7) is 4.64. The minimum absolute atomic E-state index is 0.552. The SMILES string of the molecule is Cc1ccc(CNCCc2cc(Cl)c3c(c2)OCCO3)o1. The fourth-order valence-electron chi connectivity index (χ4n) is 2.33. The summed E-state index contributed by atoms with van der Waals surface area (Å²) in [6.07, 6.45) is 0.871. The second-order valence-electron chi connectivity index (χ2n) is 5.04. The molecule has 0 spiro atoms. The Balaban J connectivity index is 1.54. The van der Waals surface area contributed by atoms with E-state index >= 15 is 0 Å². The van der Waals surface area contributed by atoms with Crippen LogP contribution in [0.2, 0.25) is 5.02 Å². The van der Waals surface area contributed by atoms with Crippen LogP contribution in [0.3, 0.4) is 0 Å². The number of nitrogens with one attached hydrogen (secondary N) is 1. The molecule has 1 aromatic heterocycles. The zero-order valence-corrected chi connectivity index (χ0v) is 12.7. The number of aryl methyl sites for hydroxylation is 1. The second kappa shape index (κ2) is 6.41. The summed E-state index contributed by atoms with van der Waals surface area (Å²) in [7, 11) is 0. The van der Waals surface area contributed by atoms with Crippen molar-refractivity contribution in [3.05, 3.63) is 46.4 Å². The number of halogens is 1. The normalized spacial score (nSPS) is 13.4. The second-order valence-corrected chi connectivity index (χ2v) is 5.45. The summed E-state index contributed by atoms with van der Waals surface area (Å²) in [5.41, 5.74) is 1.13. The van der Waals surface area contributed by atoms with E-state index in [0.717, 1.165) is 42.3 Å². The van der Waals surface area contributed by atoms with E-state index in [0.29, 0.717) is 24.0 Å². The van der Waals surface area contributed by atoms with Crippen LogP contribution in [0.5, 0.6) is 11.5 Å². The Labute approximate surface area is 129 Å². The molecule has 0 fully saturated rings. The third-order valence-corrected chi connectivity index (χ3v) is 3.62. The van der Waals surface area contributed by atoms with Gasteiger partial charge in [0.1, 0.15) is 24.7 Å². The number of hydrogen-bond donors (Lipinski definition) is 1. The first-order valence-corrected chi connectivity index (χ1v) is 7.44. The molecule has 0 aliphatic carbocycles. The van der Waals surface area contributed by atoms with Gasteiger partial charge in [-0.15, -0.1) is 0 Å². The lowest BCUT2D eigenvalue weighted by Crippen LogP contribution is -2.18. The number of ether oxygens (including phenoxy) is 2. The molecule has 1 aliphatic heterocycles. The van der Waals surface area contributed by atoms with Crippen molar-refractivity contribution < 1.29 is 13.9 Å². The molecule has 1 aromatic carbocycles. The maximum atomic E-state index is 6.22. The number of hydrogen-bond acceptors (Lipinski definition) is 4. The standard InChI is InChI=1S/C16H18ClNO3/c1-11-2-3-13(21-11)10-18-5-4-12-8-14(17)16-15(9-12)19-6-7-20-16/h2-3,8-9,18H,4-7,10H2,1H3. The maximum Gasteiger partial charge on any atom is 0.179 e. The molecule has 21 heavy (non-hydrogen) atoms. The molecule has 3 rings (SSSR count). The van der Waals surface area contributed by atoms with Crippen LogP contribution < -0.4 is 14.8 Å².